The fourth-order valence-electron chi connectivity index (χ4n) is 2.21. The zero-order valence-electron chi connectivity index (χ0n) is 11.0. The number of hydrogen-bond acceptors (Lipinski definition) is 3. The standard InChI is InChI=1S/C16H17NO3/c17-10-9-12-5-4-8-14(11-12)16(20,15(18)19)13-6-2-1-3-7-13/h1-8,11,20H,9-10,17H2,(H,18,19). The number of carbonyl (C=O) groups is 1. The fraction of sp³-hybridized carbons (Fsp3) is 0.188. The molecule has 0 radical (unpaired) electrons. The second-order valence-corrected chi connectivity index (χ2v) is 4.62. The summed E-state index contributed by atoms with van der Waals surface area (Å²) in [5.74, 6) is -1.30. The van der Waals surface area contributed by atoms with Crippen LogP contribution >= 0.6 is 0 Å². The molecular weight excluding hydrogens is 254 g/mol. The van der Waals surface area contributed by atoms with Gasteiger partial charge in [-0.1, -0.05) is 54.6 Å². The quantitative estimate of drug-likeness (QED) is 0.769. The minimum absolute atomic E-state index is 0.331. The molecule has 1 unspecified atom stereocenters. The summed E-state index contributed by atoms with van der Waals surface area (Å²) in [5, 5.41) is 20.2. The molecule has 0 fully saturated rings. The third-order valence-corrected chi connectivity index (χ3v) is 3.28. The Morgan fingerprint density at radius 3 is 2.30 bits per heavy atom. The monoisotopic (exact) mass is 271 g/mol. The molecule has 4 heteroatoms. The van der Waals surface area contributed by atoms with Crippen molar-refractivity contribution in [2.45, 2.75) is 12.0 Å². The molecule has 0 aliphatic carbocycles. The highest BCUT2D eigenvalue weighted by atomic mass is 16.4. The Morgan fingerprint density at radius 1 is 1.05 bits per heavy atom. The van der Waals surface area contributed by atoms with Crippen molar-refractivity contribution in [1.82, 2.24) is 0 Å². The van der Waals surface area contributed by atoms with Crippen LogP contribution in [0.2, 0.25) is 0 Å². The third kappa shape index (κ3) is 2.57. The van der Waals surface area contributed by atoms with E-state index in [9.17, 15) is 15.0 Å². The van der Waals surface area contributed by atoms with Crippen molar-refractivity contribution < 1.29 is 15.0 Å². The molecule has 0 spiro atoms. The van der Waals surface area contributed by atoms with Gasteiger partial charge < -0.3 is 15.9 Å². The van der Waals surface area contributed by atoms with E-state index in [2.05, 4.69) is 0 Å². The largest absolute Gasteiger partial charge is 0.479 e. The first-order valence-corrected chi connectivity index (χ1v) is 6.40. The maximum absolute atomic E-state index is 11.6. The first-order valence-electron chi connectivity index (χ1n) is 6.40. The van der Waals surface area contributed by atoms with E-state index in [-0.39, 0.29) is 0 Å². The molecule has 2 aromatic carbocycles. The molecule has 4 nitrogen and oxygen atoms in total. The minimum Gasteiger partial charge on any atom is -0.479 e. The van der Waals surface area contributed by atoms with Crippen molar-refractivity contribution in [2.24, 2.45) is 5.73 Å². The molecule has 0 aromatic heterocycles. The van der Waals surface area contributed by atoms with Gasteiger partial charge in [0, 0.05) is 0 Å². The van der Waals surface area contributed by atoms with Gasteiger partial charge in [0.2, 0.25) is 5.60 Å². The normalized spacial score (nSPS) is 13.7. The SMILES string of the molecule is NCCc1cccc(C(O)(C(=O)O)c2ccccc2)c1. The molecule has 2 aromatic rings. The highest BCUT2D eigenvalue weighted by molar-refractivity contribution is 5.83. The molecule has 4 N–H and O–H groups in total. The molecule has 1 atom stereocenters. The Kier molecular flexibility index (Phi) is 4.17. The summed E-state index contributed by atoms with van der Waals surface area (Å²) in [6.45, 7) is 0.473. The van der Waals surface area contributed by atoms with Gasteiger partial charge in [-0.25, -0.2) is 4.79 Å². The summed E-state index contributed by atoms with van der Waals surface area (Å²) in [7, 11) is 0. The van der Waals surface area contributed by atoms with Crippen LogP contribution < -0.4 is 5.73 Å². The number of aliphatic carboxylic acids is 1. The number of benzene rings is 2. The van der Waals surface area contributed by atoms with Crippen LogP contribution in [0.5, 0.6) is 0 Å². The van der Waals surface area contributed by atoms with E-state index in [1.54, 1.807) is 48.5 Å². The van der Waals surface area contributed by atoms with Crippen LogP contribution in [0, 0.1) is 0 Å². The van der Waals surface area contributed by atoms with Crippen molar-refractivity contribution in [1.29, 1.82) is 0 Å². The van der Waals surface area contributed by atoms with E-state index in [0.29, 0.717) is 24.1 Å². The topological polar surface area (TPSA) is 83.5 Å². The average Bonchev–Trinajstić information content (AvgIpc) is 2.48. The smallest absolute Gasteiger partial charge is 0.345 e. The Bertz CT molecular complexity index is 598. The Balaban J connectivity index is 2.54. The molecule has 0 bridgehead atoms. The summed E-state index contributed by atoms with van der Waals surface area (Å²) >= 11 is 0. The maximum atomic E-state index is 11.6. The van der Waals surface area contributed by atoms with Crippen LogP contribution in [0.15, 0.2) is 54.6 Å². The van der Waals surface area contributed by atoms with E-state index in [1.165, 1.54) is 0 Å². The first-order chi connectivity index (χ1) is 9.59. The van der Waals surface area contributed by atoms with E-state index in [4.69, 9.17) is 5.73 Å². The number of hydrogen-bond donors (Lipinski definition) is 3. The lowest BCUT2D eigenvalue weighted by Gasteiger charge is -2.25. The maximum Gasteiger partial charge on any atom is 0.345 e. The van der Waals surface area contributed by atoms with Gasteiger partial charge in [-0.2, -0.15) is 0 Å². The molecule has 104 valence electrons. The predicted molar refractivity (Wildman–Crippen MR) is 76.3 cm³/mol. The number of aliphatic hydroxyl groups is 1. The zero-order chi connectivity index (χ0) is 14.6. The summed E-state index contributed by atoms with van der Waals surface area (Å²) in [5.41, 5.74) is 5.03. The summed E-state index contributed by atoms with van der Waals surface area (Å²) in [4.78, 5) is 11.6. The van der Waals surface area contributed by atoms with Crippen LogP contribution in [0.3, 0.4) is 0 Å². The highest BCUT2D eigenvalue weighted by Gasteiger charge is 2.40. The second kappa shape index (κ2) is 5.86. The van der Waals surface area contributed by atoms with Gasteiger partial charge in [-0.05, 0) is 29.7 Å². The summed E-state index contributed by atoms with van der Waals surface area (Å²) in [6.07, 6.45) is 0.637. The Hall–Kier alpha value is -2.17. The van der Waals surface area contributed by atoms with Gasteiger partial charge in [0.05, 0.1) is 0 Å². The van der Waals surface area contributed by atoms with Gasteiger partial charge in [-0.3, -0.25) is 0 Å². The molecule has 0 aliphatic heterocycles. The number of rotatable bonds is 5. The first kappa shape index (κ1) is 14.2. The molecule has 20 heavy (non-hydrogen) atoms. The Labute approximate surface area is 117 Å². The lowest BCUT2D eigenvalue weighted by Crippen LogP contribution is -2.36. The predicted octanol–water partition coefficient (Wildman–Crippen LogP) is 1.51. The van der Waals surface area contributed by atoms with Gasteiger partial charge in [0.1, 0.15) is 0 Å². The van der Waals surface area contributed by atoms with Crippen LogP contribution in [-0.4, -0.2) is 22.7 Å². The van der Waals surface area contributed by atoms with E-state index in [0.717, 1.165) is 5.56 Å². The molecule has 0 saturated heterocycles. The highest BCUT2D eigenvalue weighted by Crippen LogP contribution is 2.30. The molecule has 0 saturated carbocycles. The number of nitrogens with two attached hydrogens (primary N) is 1. The zero-order valence-corrected chi connectivity index (χ0v) is 11.0. The van der Waals surface area contributed by atoms with Crippen molar-refractivity contribution >= 4 is 5.97 Å². The van der Waals surface area contributed by atoms with Crippen LogP contribution in [0.4, 0.5) is 0 Å². The molecule has 0 heterocycles. The van der Waals surface area contributed by atoms with Crippen LogP contribution in [0.25, 0.3) is 0 Å². The van der Waals surface area contributed by atoms with Crippen molar-refractivity contribution in [3.05, 3.63) is 71.3 Å². The molecule has 2 rings (SSSR count). The van der Waals surface area contributed by atoms with Crippen molar-refractivity contribution in [3.63, 3.8) is 0 Å². The minimum atomic E-state index is -2.05. The van der Waals surface area contributed by atoms with Crippen molar-refractivity contribution in [2.75, 3.05) is 6.54 Å². The third-order valence-electron chi connectivity index (χ3n) is 3.28. The molecule has 0 amide bonds. The van der Waals surface area contributed by atoms with Gasteiger partial charge in [0.15, 0.2) is 0 Å². The van der Waals surface area contributed by atoms with E-state index >= 15 is 0 Å². The van der Waals surface area contributed by atoms with Gasteiger partial charge in [0.25, 0.3) is 0 Å². The van der Waals surface area contributed by atoms with Gasteiger partial charge in [-0.15, -0.1) is 0 Å². The van der Waals surface area contributed by atoms with Crippen LogP contribution in [-0.2, 0) is 16.8 Å². The molecular formula is C16H17NO3. The second-order valence-electron chi connectivity index (χ2n) is 4.62. The lowest BCUT2D eigenvalue weighted by molar-refractivity contribution is -0.155. The van der Waals surface area contributed by atoms with Crippen molar-refractivity contribution in [3.8, 4) is 0 Å². The molecule has 0 aliphatic rings. The van der Waals surface area contributed by atoms with Crippen LogP contribution in [0.1, 0.15) is 16.7 Å². The fourth-order valence-corrected chi connectivity index (χ4v) is 2.21. The summed E-state index contributed by atoms with van der Waals surface area (Å²) in [6, 6.07) is 15.3. The Morgan fingerprint density at radius 2 is 1.70 bits per heavy atom. The lowest BCUT2D eigenvalue weighted by atomic mass is 9.85. The van der Waals surface area contributed by atoms with E-state index < -0.39 is 11.6 Å². The van der Waals surface area contributed by atoms with E-state index in [1.807, 2.05) is 6.07 Å². The van der Waals surface area contributed by atoms with Gasteiger partial charge >= 0.3 is 5.97 Å². The summed E-state index contributed by atoms with van der Waals surface area (Å²) < 4.78 is 0. The average molecular weight is 271 g/mol. The number of carboxylic acids is 1. The number of carboxylic acid groups (broad SMARTS) is 1.